The van der Waals surface area contributed by atoms with Gasteiger partial charge in [0.05, 0.1) is 11.1 Å². The standard InChI is InChI=1S/C27H35ClF3NO4S/c1-6-35-27(36-7-2)16(4)11-20(10-15(3)17(5)33)37-24-12-18(8-9-21(24)28)26(34)32-19-13-22(29)25(31)23(30)14-19/h8-9,12-17,20,27,33H,6-7,10-11H2,1-5H3,(H,32,34). The largest absolute Gasteiger partial charge is 0.393 e. The van der Waals surface area contributed by atoms with Gasteiger partial charge < -0.3 is 19.9 Å². The molecular formula is C27H35ClF3NO4S. The van der Waals surface area contributed by atoms with Gasteiger partial charge in [0.15, 0.2) is 23.7 Å². The summed E-state index contributed by atoms with van der Waals surface area (Å²) in [4.78, 5) is 13.4. The first-order valence-electron chi connectivity index (χ1n) is 12.3. The van der Waals surface area contributed by atoms with Crippen molar-refractivity contribution in [3.05, 3.63) is 58.4 Å². The van der Waals surface area contributed by atoms with Crippen LogP contribution < -0.4 is 5.32 Å². The summed E-state index contributed by atoms with van der Waals surface area (Å²) in [5.74, 6) is -4.97. The number of anilines is 1. The molecule has 37 heavy (non-hydrogen) atoms. The van der Waals surface area contributed by atoms with Crippen LogP contribution in [-0.4, -0.2) is 41.9 Å². The van der Waals surface area contributed by atoms with Gasteiger partial charge in [0.2, 0.25) is 0 Å². The number of aliphatic hydroxyl groups excluding tert-OH is 1. The lowest BCUT2D eigenvalue weighted by Gasteiger charge is -2.29. The Hall–Kier alpha value is -1.78. The summed E-state index contributed by atoms with van der Waals surface area (Å²) >= 11 is 7.95. The fourth-order valence-corrected chi connectivity index (χ4v) is 5.57. The van der Waals surface area contributed by atoms with E-state index >= 15 is 0 Å². The number of carbonyl (C=O) groups excluding carboxylic acids is 1. The van der Waals surface area contributed by atoms with Crippen LogP contribution in [0.3, 0.4) is 0 Å². The molecule has 0 fully saturated rings. The minimum atomic E-state index is -1.61. The van der Waals surface area contributed by atoms with Gasteiger partial charge in [0, 0.05) is 52.7 Å². The summed E-state index contributed by atoms with van der Waals surface area (Å²) in [6, 6.07) is 6.10. The van der Waals surface area contributed by atoms with E-state index in [1.807, 2.05) is 27.7 Å². The highest BCUT2D eigenvalue weighted by molar-refractivity contribution is 8.00. The highest BCUT2D eigenvalue weighted by Crippen LogP contribution is 2.38. The molecule has 0 aliphatic carbocycles. The van der Waals surface area contributed by atoms with E-state index in [1.165, 1.54) is 17.8 Å². The third-order valence-corrected chi connectivity index (χ3v) is 7.70. The number of carbonyl (C=O) groups is 1. The van der Waals surface area contributed by atoms with Crippen LogP contribution in [0.4, 0.5) is 18.9 Å². The summed E-state index contributed by atoms with van der Waals surface area (Å²) in [6.45, 7) is 10.6. The molecule has 0 bridgehead atoms. The van der Waals surface area contributed by atoms with Crippen molar-refractivity contribution in [1.82, 2.24) is 0 Å². The van der Waals surface area contributed by atoms with Crippen molar-refractivity contribution >= 4 is 35.0 Å². The molecule has 2 rings (SSSR count). The second kappa shape index (κ2) is 15.0. The molecule has 0 spiro atoms. The Labute approximate surface area is 226 Å². The molecule has 0 aromatic heterocycles. The number of ether oxygens (including phenoxy) is 2. The predicted octanol–water partition coefficient (Wildman–Crippen LogP) is 7.30. The van der Waals surface area contributed by atoms with E-state index in [4.69, 9.17) is 21.1 Å². The first kappa shape index (κ1) is 31.4. The summed E-state index contributed by atoms with van der Waals surface area (Å²) in [7, 11) is 0. The van der Waals surface area contributed by atoms with Crippen LogP contribution in [0, 0.1) is 29.3 Å². The van der Waals surface area contributed by atoms with E-state index in [0.29, 0.717) is 48.1 Å². The minimum absolute atomic E-state index is 0.0101. The molecule has 4 unspecified atom stereocenters. The lowest BCUT2D eigenvalue weighted by atomic mass is 9.95. The van der Waals surface area contributed by atoms with Crippen molar-refractivity contribution in [2.75, 3.05) is 18.5 Å². The lowest BCUT2D eigenvalue weighted by molar-refractivity contribution is -0.164. The fraction of sp³-hybridized carbons (Fsp3) is 0.519. The summed E-state index contributed by atoms with van der Waals surface area (Å²) in [5, 5.41) is 12.9. The van der Waals surface area contributed by atoms with Gasteiger partial charge in [-0.2, -0.15) is 0 Å². The Balaban J connectivity index is 2.26. The number of rotatable bonds is 14. The van der Waals surface area contributed by atoms with Crippen LogP contribution in [0.15, 0.2) is 35.2 Å². The number of hydrogen-bond acceptors (Lipinski definition) is 5. The molecule has 0 heterocycles. The van der Waals surface area contributed by atoms with Crippen molar-refractivity contribution in [3.63, 3.8) is 0 Å². The number of nitrogens with one attached hydrogen (secondary N) is 1. The molecule has 0 radical (unpaired) electrons. The topological polar surface area (TPSA) is 67.8 Å². The molecule has 0 aliphatic heterocycles. The third-order valence-electron chi connectivity index (χ3n) is 5.95. The van der Waals surface area contributed by atoms with Gasteiger partial charge in [-0.1, -0.05) is 25.4 Å². The maximum Gasteiger partial charge on any atom is 0.255 e. The maximum atomic E-state index is 13.5. The van der Waals surface area contributed by atoms with E-state index in [0.717, 1.165) is 0 Å². The Bertz CT molecular complexity index is 1010. The van der Waals surface area contributed by atoms with Crippen molar-refractivity contribution in [2.24, 2.45) is 11.8 Å². The van der Waals surface area contributed by atoms with Crippen molar-refractivity contribution in [3.8, 4) is 0 Å². The van der Waals surface area contributed by atoms with Crippen LogP contribution >= 0.6 is 23.4 Å². The first-order valence-corrected chi connectivity index (χ1v) is 13.6. The molecule has 10 heteroatoms. The molecule has 2 aromatic rings. The molecule has 4 atom stereocenters. The van der Waals surface area contributed by atoms with Crippen LogP contribution in [0.5, 0.6) is 0 Å². The SMILES string of the molecule is CCOC(OCC)C(C)CC(CC(C)C(C)O)Sc1cc(C(=O)Nc2cc(F)c(F)c(F)c2)ccc1Cl. The van der Waals surface area contributed by atoms with Gasteiger partial charge >= 0.3 is 0 Å². The highest BCUT2D eigenvalue weighted by Gasteiger charge is 2.26. The monoisotopic (exact) mass is 561 g/mol. The van der Waals surface area contributed by atoms with Gasteiger partial charge in [-0.15, -0.1) is 11.8 Å². The zero-order valence-electron chi connectivity index (χ0n) is 21.7. The van der Waals surface area contributed by atoms with Crippen molar-refractivity contribution < 1.29 is 32.5 Å². The van der Waals surface area contributed by atoms with Crippen LogP contribution in [0.2, 0.25) is 5.02 Å². The number of amides is 1. The second-order valence-corrected chi connectivity index (χ2v) is 10.8. The minimum Gasteiger partial charge on any atom is -0.393 e. The normalized spacial score (nSPS) is 14.9. The van der Waals surface area contributed by atoms with Crippen LogP contribution in [-0.2, 0) is 9.47 Å². The van der Waals surface area contributed by atoms with E-state index < -0.39 is 29.5 Å². The average Bonchev–Trinajstić information content (AvgIpc) is 2.83. The molecule has 0 aliphatic rings. The van der Waals surface area contributed by atoms with Gasteiger partial charge in [0.25, 0.3) is 5.91 Å². The smallest absolute Gasteiger partial charge is 0.255 e. The molecule has 5 nitrogen and oxygen atoms in total. The van der Waals surface area contributed by atoms with Gasteiger partial charge in [-0.3, -0.25) is 4.79 Å². The average molecular weight is 562 g/mol. The predicted molar refractivity (Wildman–Crippen MR) is 142 cm³/mol. The number of hydrogen-bond donors (Lipinski definition) is 2. The van der Waals surface area contributed by atoms with Crippen molar-refractivity contribution in [2.45, 2.75) is 70.0 Å². The number of benzene rings is 2. The van der Waals surface area contributed by atoms with Crippen LogP contribution in [0.25, 0.3) is 0 Å². The number of thioether (sulfide) groups is 1. The maximum absolute atomic E-state index is 13.5. The summed E-state index contributed by atoms with van der Waals surface area (Å²) in [6.07, 6.45) is 0.507. The fourth-order valence-electron chi connectivity index (χ4n) is 3.78. The molecule has 2 N–H and O–H groups in total. The lowest BCUT2D eigenvalue weighted by Crippen LogP contribution is -2.29. The van der Waals surface area contributed by atoms with Crippen LogP contribution in [0.1, 0.15) is 57.8 Å². The molecular weight excluding hydrogens is 527 g/mol. The Morgan fingerprint density at radius 2 is 1.57 bits per heavy atom. The third kappa shape index (κ3) is 9.48. The van der Waals surface area contributed by atoms with E-state index in [9.17, 15) is 23.1 Å². The van der Waals surface area contributed by atoms with Crippen molar-refractivity contribution in [1.29, 1.82) is 0 Å². The van der Waals surface area contributed by atoms with E-state index in [-0.39, 0.29) is 34.6 Å². The summed E-state index contributed by atoms with van der Waals surface area (Å²) in [5.41, 5.74) is 0.00910. The second-order valence-electron chi connectivity index (χ2n) is 9.04. The molecule has 2 aromatic carbocycles. The zero-order valence-corrected chi connectivity index (χ0v) is 23.3. The molecule has 0 saturated heterocycles. The zero-order chi connectivity index (χ0) is 27.7. The van der Waals surface area contributed by atoms with Gasteiger partial charge in [0.1, 0.15) is 0 Å². The molecule has 0 saturated carbocycles. The number of aliphatic hydroxyl groups is 1. The van der Waals surface area contributed by atoms with E-state index in [1.54, 1.807) is 19.1 Å². The molecule has 206 valence electrons. The Morgan fingerprint density at radius 1 is 1.00 bits per heavy atom. The number of halogens is 4. The quantitative estimate of drug-likeness (QED) is 0.144. The Morgan fingerprint density at radius 3 is 2.11 bits per heavy atom. The summed E-state index contributed by atoms with van der Waals surface area (Å²) < 4.78 is 51.9. The first-order chi connectivity index (χ1) is 17.5. The Kier molecular flexibility index (Phi) is 12.7. The van der Waals surface area contributed by atoms with Gasteiger partial charge in [-0.05, 0) is 57.7 Å². The van der Waals surface area contributed by atoms with E-state index in [2.05, 4.69) is 5.32 Å². The highest BCUT2D eigenvalue weighted by atomic mass is 35.5. The van der Waals surface area contributed by atoms with Gasteiger partial charge in [-0.25, -0.2) is 13.2 Å². The molecule has 1 amide bonds.